The van der Waals surface area contributed by atoms with Crippen molar-refractivity contribution in [1.29, 1.82) is 0 Å². The molecule has 152 valence electrons. The lowest BCUT2D eigenvalue weighted by Crippen LogP contribution is -2.44. The molecule has 2 aliphatic rings. The van der Waals surface area contributed by atoms with Gasteiger partial charge >= 0.3 is 0 Å². The van der Waals surface area contributed by atoms with Crippen LogP contribution in [-0.4, -0.2) is 55.9 Å². The van der Waals surface area contributed by atoms with Crippen molar-refractivity contribution in [3.63, 3.8) is 0 Å². The molecule has 4 heterocycles. The third kappa shape index (κ3) is 4.38. The van der Waals surface area contributed by atoms with Crippen LogP contribution in [0.3, 0.4) is 0 Å². The zero-order chi connectivity index (χ0) is 19.5. The maximum Gasteiger partial charge on any atom is 0.223 e. The number of hydrogen-bond acceptors (Lipinski definition) is 7. The van der Waals surface area contributed by atoms with E-state index < -0.39 is 0 Å². The Balaban J connectivity index is 1.19. The average Bonchev–Trinajstić information content (AvgIpc) is 3.24. The number of nitrogens with one attached hydrogen (secondary N) is 2. The normalized spacial score (nSPS) is 23.3. The summed E-state index contributed by atoms with van der Waals surface area (Å²) >= 11 is 0. The zero-order valence-electron chi connectivity index (χ0n) is 16.5. The third-order valence-corrected chi connectivity index (χ3v) is 5.93. The van der Waals surface area contributed by atoms with Crippen LogP contribution in [-0.2, 0) is 4.74 Å². The van der Waals surface area contributed by atoms with Gasteiger partial charge in [0.2, 0.25) is 5.95 Å². The van der Waals surface area contributed by atoms with E-state index in [4.69, 9.17) is 9.72 Å². The first-order chi connectivity index (χ1) is 14.3. The van der Waals surface area contributed by atoms with E-state index in [0.29, 0.717) is 24.1 Å². The molecule has 0 unspecified atom stereocenters. The van der Waals surface area contributed by atoms with E-state index in [9.17, 15) is 0 Å². The number of hydrogen-bond donors (Lipinski definition) is 2. The number of aromatic nitrogens is 5. The van der Waals surface area contributed by atoms with Crippen molar-refractivity contribution in [2.24, 2.45) is 0 Å². The van der Waals surface area contributed by atoms with Crippen LogP contribution in [0, 0.1) is 0 Å². The molecule has 8 nitrogen and oxygen atoms in total. The van der Waals surface area contributed by atoms with Gasteiger partial charge in [0.15, 0.2) is 5.65 Å². The molecule has 8 heteroatoms. The van der Waals surface area contributed by atoms with E-state index in [0.717, 1.165) is 55.9 Å². The molecule has 2 fully saturated rings. The van der Waals surface area contributed by atoms with E-state index in [-0.39, 0.29) is 0 Å². The standard InChI is InChI=1S/C21H27N7O/c1-3-16(4-2-15(1)24-17-8-13-29-14-9-17)25-21-22-10-5-18(27-21)19-7-12-28-20(26-19)6-11-23-28/h5-7,10-12,15-17,24H,1-4,8-9,13-14H2,(H,22,25,27). The van der Waals surface area contributed by atoms with Crippen molar-refractivity contribution >= 4 is 11.6 Å². The van der Waals surface area contributed by atoms with Crippen LogP contribution >= 0.6 is 0 Å². The minimum Gasteiger partial charge on any atom is -0.381 e. The largest absolute Gasteiger partial charge is 0.381 e. The lowest BCUT2D eigenvalue weighted by molar-refractivity contribution is 0.0730. The van der Waals surface area contributed by atoms with Crippen LogP contribution in [0.25, 0.3) is 17.0 Å². The quantitative estimate of drug-likeness (QED) is 0.689. The first-order valence-corrected chi connectivity index (χ1v) is 10.6. The third-order valence-electron chi connectivity index (χ3n) is 5.93. The smallest absolute Gasteiger partial charge is 0.223 e. The predicted octanol–water partition coefficient (Wildman–Crippen LogP) is 2.68. The average molecular weight is 393 g/mol. The van der Waals surface area contributed by atoms with Gasteiger partial charge in [-0.25, -0.2) is 19.5 Å². The number of rotatable bonds is 5. The summed E-state index contributed by atoms with van der Waals surface area (Å²) in [5.41, 5.74) is 2.46. The molecule has 1 aliphatic carbocycles. The minimum atomic E-state index is 0.420. The van der Waals surface area contributed by atoms with Gasteiger partial charge in [-0.2, -0.15) is 5.10 Å². The Morgan fingerprint density at radius 2 is 1.59 bits per heavy atom. The Morgan fingerprint density at radius 3 is 2.45 bits per heavy atom. The van der Waals surface area contributed by atoms with E-state index in [1.165, 1.54) is 12.8 Å². The molecular weight excluding hydrogens is 366 g/mol. The molecule has 0 radical (unpaired) electrons. The summed E-state index contributed by atoms with van der Waals surface area (Å²) in [5, 5.41) is 11.6. The fraction of sp³-hybridized carbons (Fsp3) is 0.524. The molecule has 29 heavy (non-hydrogen) atoms. The molecule has 1 saturated carbocycles. The van der Waals surface area contributed by atoms with E-state index in [1.807, 2.05) is 24.4 Å². The van der Waals surface area contributed by atoms with Crippen LogP contribution in [0.2, 0.25) is 0 Å². The number of fused-ring (bicyclic) bond motifs is 1. The Morgan fingerprint density at radius 1 is 0.828 bits per heavy atom. The minimum absolute atomic E-state index is 0.420. The van der Waals surface area contributed by atoms with Gasteiger partial charge in [0.1, 0.15) is 0 Å². The highest BCUT2D eigenvalue weighted by atomic mass is 16.5. The van der Waals surface area contributed by atoms with Crippen molar-refractivity contribution < 1.29 is 4.74 Å². The molecule has 0 aromatic carbocycles. The second kappa shape index (κ2) is 8.42. The molecule has 1 saturated heterocycles. The molecular formula is C21H27N7O. The maximum absolute atomic E-state index is 5.46. The van der Waals surface area contributed by atoms with E-state index in [1.54, 1.807) is 16.9 Å². The molecule has 3 aromatic rings. The SMILES string of the molecule is c1cc(-c2ccn3nccc3n2)nc(NC2CCC(NC3CCOCC3)CC2)n1. The van der Waals surface area contributed by atoms with E-state index in [2.05, 4.69) is 25.7 Å². The van der Waals surface area contributed by atoms with E-state index >= 15 is 0 Å². The summed E-state index contributed by atoms with van der Waals surface area (Å²) < 4.78 is 7.20. The van der Waals surface area contributed by atoms with Gasteiger partial charge in [0.25, 0.3) is 0 Å². The Kier molecular flexibility index (Phi) is 5.36. The maximum atomic E-state index is 5.46. The first kappa shape index (κ1) is 18.4. The Labute approximate surface area is 170 Å². The van der Waals surface area contributed by atoms with Crippen molar-refractivity contribution in [3.8, 4) is 11.4 Å². The van der Waals surface area contributed by atoms with Crippen molar-refractivity contribution in [2.75, 3.05) is 18.5 Å². The highest BCUT2D eigenvalue weighted by Gasteiger charge is 2.24. The first-order valence-electron chi connectivity index (χ1n) is 10.6. The van der Waals surface area contributed by atoms with Gasteiger partial charge in [-0.15, -0.1) is 0 Å². The highest BCUT2D eigenvalue weighted by Crippen LogP contribution is 2.23. The summed E-state index contributed by atoms with van der Waals surface area (Å²) in [5.74, 6) is 0.679. The van der Waals surface area contributed by atoms with Crippen LogP contribution in [0.4, 0.5) is 5.95 Å². The van der Waals surface area contributed by atoms with Crippen molar-refractivity contribution in [3.05, 3.63) is 36.8 Å². The Hall–Kier alpha value is -2.58. The number of nitrogens with zero attached hydrogens (tertiary/aromatic N) is 5. The van der Waals surface area contributed by atoms with Gasteiger partial charge in [0, 0.05) is 49.8 Å². The van der Waals surface area contributed by atoms with Gasteiger partial charge < -0.3 is 15.4 Å². The number of anilines is 1. The summed E-state index contributed by atoms with van der Waals surface area (Å²) in [6.07, 6.45) is 12.4. The van der Waals surface area contributed by atoms with Gasteiger partial charge in [-0.3, -0.25) is 0 Å². The monoisotopic (exact) mass is 393 g/mol. The highest BCUT2D eigenvalue weighted by molar-refractivity contribution is 5.58. The lowest BCUT2D eigenvalue weighted by atomic mass is 9.90. The molecule has 0 bridgehead atoms. The summed E-state index contributed by atoms with van der Waals surface area (Å²) in [6, 6.07) is 7.38. The van der Waals surface area contributed by atoms with Crippen LogP contribution in [0.1, 0.15) is 38.5 Å². The van der Waals surface area contributed by atoms with Crippen LogP contribution in [0.15, 0.2) is 36.8 Å². The fourth-order valence-electron chi connectivity index (χ4n) is 4.31. The summed E-state index contributed by atoms with van der Waals surface area (Å²) in [4.78, 5) is 13.7. The molecule has 0 atom stereocenters. The topological polar surface area (TPSA) is 89.3 Å². The molecule has 2 N–H and O–H groups in total. The molecule has 0 spiro atoms. The van der Waals surface area contributed by atoms with Gasteiger partial charge in [0.05, 0.1) is 17.6 Å². The number of ether oxygens (including phenoxy) is 1. The summed E-state index contributed by atoms with van der Waals surface area (Å²) in [7, 11) is 0. The van der Waals surface area contributed by atoms with Crippen molar-refractivity contribution in [1.82, 2.24) is 29.9 Å². The summed E-state index contributed by atoms with van der Waals surface area (Å²) in [6.45, 7) is 1.79. The predicted molar refractivity (Wildman–Crippen MR) is 111 cm³/mol. The lowest BCUT2D eigenvalue weighted by Gasteiger charge is -2.33. The zero-order valence-corrected chi connectivity index (χ0v) is 16.5. The van der Waals surface area contributed by atoms with Gasteiger partial charge in [-0.05, 0) is 50.7 Å². The fourth-order valence-corrected chi connectivity index (χ4v) is 4.31. The molecule has 1 aliphatic heterocycles. The molecule has 0 amide bonds. The van der Waals surface area contributed by atoms with Crippen LogP contribution in [0.5, 0.6) is 0 Å². The second-order valence-corrected chi connectivity index (χ2v) is 7.96. The van der Waals surface area contributed by atoms with Crippen molar-refractivity contribution in [2.45, 2.75) is 56.7 Å². The van der Waals surface area contributed by atoms with Crippen LogP contribution < -0.4 is 10.6 Å². The second-order valence-electron chi connectivity index (χ2n) is 7.96. The molecule has 3 aromatic heterocycles. The Bertz CT molecular complexity index is 945. The molecule has 5 rings (SSSR count). The van der Waals surface area contributed by atoms with Gasteiger partial charge in [-0.1, -0.05) is 0 Å².